The van der Waals surface area contributed by atoms with Gasteiger partial charge in [-0.15, -0.1) is 0 Å². The van der Waals surface area contributed by atoms with Crippen LogP contribution in [0, 0.1) is 0 Å². The minimum Gasteiger partial charge on any atom is -0.348 e. The lowest BCUT2D eigenvalue weighted by Crippen LogP contribution is -2.38. The molecule has 1 aliphatic carbocycles. The van der Waals surface area contributed by atoms with E-state index in [1.807, 2.05) is 23.9 Å². The third-order valence-electron chi connectivity index (χ3n) is 3.27. The quantitative estimate of drug-likeness (QED) is 0.890. The number of carbonyl (C=O) groups excluding carboxylic acids is 1. The molecule has 18 heavy (non-hydrogen) atoms. The molecule has 0 radical (unpaired) electrons. The van der Waals surface area contributed by atoms with Crippen LogP contribution < -0.4 is 5.32 Å². The van der Waals surface area contributed by atoms with Gasteiger partial charge in [0.2, 0.25) is 0 Å². The number of carbonyl (C=O) groups is 1. The van der Waals surface area contributed by atoms with E-state index >= 15 is 0 Å². The van der Waals surface area contributed by atoms with Crippen molar-refractivity contribution in [1.29, 1.82) is 0 Å². The predicted molar refractivity (Wildman–Crippen MR) is 81.6 cm³/mol. The van der Waals surface area contributed by atoms with Crippen molar-refractivity contribution in [2.24, 2.45) is 0 Å². The summed E-state index contributed by atoms with van der Waals surface area (Å²) in [5.41, 5.74) is 0.540. The molecule has 1 aromatic carbocycles. The number of thioether (sulfide) groups is 1. The number of hydrogen-bond donors (Lipinski definition) is 1. The lowest BCUT2D eigenvalue weighted by molar-refractivity contribution is 0.0939. The molecule has 0 saturated heterocycles. The molecule has 0 aliphatic heterocycles. The van der Waals surface area contributed by atoms with Crippen LogP contribution in [0.25, 0.3) is 0 Å². The highest BCUT2D eigenvalue weighted by atomic mass is 79.9. The van der Waals surface area contributed by atoms with E-state index < -0.39 is 0 Å². The lowest BCUT2D eigenvalue weighted by atomic mass is 10.2. The Hall–Kier alpha value is -0.190. The van der Waals surface area contributed by atoms with Crippen LogP contribution in [0.1, 0.15) is 29.6 Å². The summed E-state index contributed by atoms with van der Waals surface area (Å²) in [5, 5.41) is 4.11. The number of hydrogen-bond acceptors (Lipinski definition) is 2. The summed E-state index contributed by atoms with van der Waals surface area (Å²) < 4.78 is 0.754. The third-order valence-corrected chi connectivity index (χ3v) is 5.73. The lowest BCUT2D eigenvalue weighted by Gasteiger charge is -2.19. The van der Waals surface area contributed by atoms with E-state index in [9.17, 15) is 4.79 Å². The summed E-state index contributed by atoms with van der Waals surface area (Å²) >= 11 is 11.3. The number of rotatable bonds is 3. The van der Waals surface area contributed by atoms with E-state index in [-0.39, 0.29) is 11.9 Å². The molecule has 1 amide bonds. The summed E-state index contributed by atoms with van der Waals surface area (Å²) in [6.07, 6.45) is 5.52. The molecular formula is C13H15BrClNOS. The topological polar surface area (TPSA) is 29.1 Å². The van der Waals surface area contributed by atoms with Gasteiger partial charge in [0.25, 0.3) is 5.91 Å². The highest BCUT2D eigenvalue weighted by Gasteiger charge is 2.28. The van der Waals surface area contributed by atoms with Gasteiger partial charge in [-0.05, 0) is 47.2 Å². The van der Waals surface area contributed by atoms with Crippen LogP contribution in [0.2, 0.25) is 5.02 Å². The van der Waals surface area contributed by atoms with E-state index in [0.29, 0.717) is 15.8 Å². The summed E-state index contributed by atoms with van der Waals surface area (Å²) in [7, 11) is 0. The largest absolute Gasteiger partial charge is 0.348 e. The van der Waals surface area contributed by atoms with Crippen LogP contribution in [0.4, 0.5) is 0 Å². The minimum atomic E-state index is -0.0766. The summed E-state index contributed by atoms with van der Waals surface area (Å²) in [6, 6.07) is 5.68. The van der Waals surface area contributed by atoms with E-state index in [1.165, 1.54) is 12.8 Å². The van der Waals surface area contributed by atoms with Crippen LogP contribution >= 0.6 is 39.3 Å². The number of nitrogens with one attached hydrogen (secondary N) is 1. The molecule has 2 unspecified atom stereocenters. The molecule has 0 heterocycles. The van der Waals surface area contributed by atoms with E-state index in [0.717, 1.165) is 10.9 Å². The van der Waals surface area contributed by atoms with Crippen molar-refractivity contribution in [2.75, 3.05) is 6.26 Å². The van der Waals surface area contributed by atoms with E-state index in [1.54, 1.807) is 6.07 Å². The highest BCUT2D eigenvalue weighted by Crippen LogP contribution is 2.30. The Morgan fingerprint density at radius 3 is 3.00 bits per heavy atom. The molecule has 0 bridgehead atoms. The molecule has 1 aromatic rings. The van der Waals surface area contributed by atoms with Crippen molar-refractivity contribution in [3.05, 3.63) is 33.3 Å². The molecule has 0 aromatic heterocycles. The fourth-order valence-corrected chi connectivity index (χ4v) is 3.81. The SMILES string of the molecule is CSC1CCCC1NC(=O)c1cccc(Br)c1Cl. The van der Waals surface area contributed by atoms with Gasteiger partial charge in [0, 0.05) is 15.8 Å². The fourth-order valence-electron chi connectivity index (χ4n) is 2.30. The second-order valence-electron chi connectivity index (χ2n) is 4.39. The van der Waals surface area contributed by atoms with Crippen molar-refractivity contribution in [1.82, 2.24) is 5.32 Å². The Bertz CT molecular complexity index is 455. The van der Waals surface area contributed by atoms with Gasteiger partial charge < -0.3 is 5.32 Å². The molecule has 1 aliphatic rings. The van der Waals surface area contributed by atoms with Gasteiger partial charge in [-0.3, -0.25) is 4.79 Å². The van der Waals surface area contributed by atoms with Crippen molar-refractivity contribution < 1.29 is 4.79 Å². The Labute approximate surface area is 125 Å². The molecule has 98 valence electrons. The van der Waals surface area contributed by atoms with E-state index in [4.69, 9.17) is 11.6 Å². The average Bonchev–Trinajstić information content (AvgIpc) is 2.79. The zero-order chi connectivity index (χ0) is 13.1. The smallest absolute Gasteiger partial charge is 0.253 e. The number of halogens is 2. The minimum absolute atomic E-state index is 0.0766. The second-order valence-corrected chi connectivity index (χ2v) is 6.70. The van der Waals surface area contributed by atoms with Gasteiger partial charge in [0.15, 0.2) is 0 Å². The Morgan fingerprint density at radius 2 is 2.28 bits per heavy atom. The first-order chi connectivity index (χ1) is 8.63. The highest BCUT2D eigenvalue weighted by molar-refractivity contribution is 9.10. The van der Waals surface area contributed by atoms with Crippen molar-refractivity contribution >= 4 is 45.2 Å². The molecule has 2 nitrogen and oxygen atoms in total. The Kier molecular flexibility index (Phi) is 4.98. The van der Waals surface area contributed by atoms with Crippen LogP contribution in [-0.4, -0.2) is 23.5 Å². The number of amides is 1. The van der Waals surface area contributed by atoms with Gasteiger partial charge in [0.05, 0.1) is 10.6 Å². The van der Waals surface area contributed by atoms with Gasteiger partial charge in [-0.25, -0.2) is 0 Å². The Morgan fingerprint density at radius 1 is 1.50 bits per heavy atom. The van der Waals surface area contributed by atoms with Crippen molar-refractivity contribution in [2.45, 2.75) is 30.6 Å². The first-order valence-corrected chi connectivity index (χ1v) is 8.37. The predicted octanol–water partition coefficient (Wildman–Crippen LogP) is 4.12. The van der Waals surface area contributed by atoms with Crippen LogP contribution in [0.15, 0.2) is 22.7 Å². The van der Waals surface area contributed by atoms with Crippen molar-refractivity contribution in [3.63, 3.8) is 0 Å². The molecule has 5 heteroatoms. The number of benzene rings is 1. The first kappa shape index (κ1) is 14.2. The van der Waals surface area contributed by atoms with Gasteiger partial charge in [-0.1, -0.05) is 24.1 Å². The van der Waals surface area contributed by atoms with Crippen LogP contribution in [0.3, 0.4) is 0 Å². The fraction of sp³-hybridized carbons (Fsp3) is 0.462. The average molecular weight is 349 g/mol. The molecule has 2 atom stereocenters. The molecule has 2 rings (SSSR count). The maximum Gasteiger partial charge on any atom is 0.253 e. The molecule has 1 N–H and O–H groups in total. The standard InChI is InChI=1S/C13H15BrClNOS/c1-18-11-7-3-6-10(11)16-13(17)8-4-2-5-9(14)12(8)15/h2,4-5,10-11H,3,6-7H2,1H3,(H,16,17). The first-order valence-electron chi connectivity index (χ1n) is 5.91. The van der Waals surface area contributed by atoms with E-state index in [2.05, 4.69) is 27.5 Å². The van der Waals surface area contributed by atoms with Crippen molar-refractivity contribution in [3.8, 4) is 0 Å². The molecule has 1 fully saturated rings. The maximum atomic E-state index is 12.2. The zero-order valence-electron chi connectivity index (χ0n) is 10.1. The Balaban J connectivity index is 2.10. The maximum absolute atomic E-state index is 12.2. The summed E-state index contributed by atoms with van der Waals surface area (Å²) in [4.78, 5) is 12.2. The zero-order valence-corrected chi connectivity index (χ0v) is 13.2. The molecular weight excluding hydrogens is 334 g/mol. The summed E-state index contributed by atoms with van der Waals surface area (Å²) in [5.74, 6) is -0.0766. The summed E-state index contributed by atoms with van der Waals surface area (Å²) in [6.45, 7) is 0. The van der Waals surface area contributed by atoms with Crippen LogP contribution in [-0.2, 0) is 0 Å². The van der Waals surface area contributed by atoms with Crippen LogP contribution in [0.5, 0.6) is 0 Å². The molecule has 0 spiro atoms. The molecule has 1 saturated carbocycles. The van der Waals surface area contributed by atoms with Gasteiger partial charge >= 0.3 is 0 Å². The third kappa shape index (κ3) is 3.03. The second kappa shape index (κ2) is 6.31. The monoisotopic (exact) mass is 347 g/mol. The van der Waals surface area contributed by atoms with Gasteiger partial charge in [-0.2, -0.15) is 11.8 Å². The van der Waals surface area contributed by atoms with Gasteiger partial charge in [0.1, 0.15) is 0 Å². The normalized spacial score (nSPS) is 23.1.